The third-order valence-corrected chi connectivity index (χ3v) is 4.00. The maximum Gasteiger partial charge on any atom is 0.573 e. The summed E-state index contributed by atoms with van der Waals surface area (Å²) in [6.07, 6.45) is -4.61. The van der Waals surface area contributed by atoms with E-state index in [4.69, 9.17) is 0 Å². The fraction of sp³-hybridized carbons (Fsp3) is 0.278. The molecule has 1 heterocycles. The minimum atomic E-state index is -4.72. The molecule has 0 unspecified atom stereocenters. The van der Waals surface area contributed by atoms with Gasteiger partial charge in [-0.15, -0.1) is 13.2 Å². The lowest BCUT2D eigenvalue weighted by Crippen LogP contribution is -2.29. The standard InChI is InChI=1S/C18H16F3NO3/c19-18(20,21)25-16-7-5-13(6-8-16)12-1-3-14(4-2-12)17(24)22-10-9-15(23)11-22/h1-8,15,23H,9-11H2/t15-/m1/s1. The zero-order valence-corrected chi connectivity index (χ0v) is 13.2. The number of likely N-dealkylation sites (tertiary alicyclic amines) is 1. The summed E-state index contributed by atoms with van der Waals surface area (Å²) in [7, 11) is 0. The molecule has 0 bridgehead atoms. The molecule has 2 aromatic carbocycles. The molecule has 1 fully saturated rings. The van der Waals surface area contributed by atoms with E-state index in [1.807, 2.05) is 0 Å². The zero-order chi connectivity index (χ0) is 18.0. The predicted octanol–water partition coefficient (Wildman–Crippen LogP) is 3.46. The fourth-order valence-corrected chi connectivity index (χ4v) is 2.76. The van der Waals surface area contributed by atoms with Gasteiger partial charge in [-0.1, -0.05) is 24.3 Å². The molecule has 0 aliphatic carbocycles. The summed E-state index contributed by atoms with van der Waals surface area (Å²) in [5.41, 5.74) is 2.00. The number of ether oxygens (including phenoxy) is 1. The molecule has 1 aliphatic heterocycles. The van der Waals surface area contributed by atoms with Crippen LogP contribution in [-0.2, 0) is 0 Å². The van der Waals surface area contributed by atoms with E-state index in [0.29, 0.717) is 30.6 Å². The number of rotatable bonds is 3. The topological polar surface area (TPSA) is 49.8 Å². The maximum atomic E-state index is 12.3. The molecular formula is C18H16F3NO3. The van der Waals surface area contributed by atoms with E-state index in [1.165, 1.54) is 24.3 Å². The van der Waals surface area contributed by atoms with Crippen LogP contribution in [0.3, 0.4) is 0 Å². The van der Waals surface area contributed by atoms with Crippen LogP contribution in [0.5, 0.6) is 5.75 Å². The van der Waals surface area contributed by atoms with Crippen LogP contribution in [0.4, 0.5) is 13.2 Å². The van der Waals surface area contributed by atoms with Crippen LogP contribution in [0, 0.1) is 0 Å². The molecule has 1 atom stereocenters. The second kappa shape index (κ2) is 6.76. The van der Waals surface area contributed by atoms with E-state index < -0.39 is 12.5 Å². The van der Waals surface area contributed by atoms with Gasteiger partial charge in [-0.3, -0.25) is 4.79 Å². The minimum Gasteiger partial charge on any atom is -0.406 e. The smallest absolute Gasteiger partial charge is 0.406 e. The summed E-state index contributed by atoms with van der Waals surface area (Å²) < 4.78 is 40.3. The van der Waals surface area contributed by atoms with Gasteiger partial charge in [0, 0.05) is 18.7 Å². The molecule has 4 nitrogen and oxygen atoms in total. The Morgan fingerprint density at radius 1 is 1.04 bits per heavy atom. The van der Waals surface area contributed by atoms with Crippen molar-refractivity contribution in [2.75, 3.05) is 13.1 Å². The van der Waals surface area contributed by atoms with Crippen LogP contribution in [0.1, 0.15) is 16.8 Å². The molecular weight excluding hydrogens is 335 g/mol. The quantitative estimate of drug-likeness (QED) is 0.921. The molecule has 1 aliphatic rings. The third-order valence-electron chi connectivity index (χ3n) is 4.00. The molecule has 3 rings (SSSR count). The van der Waals surface area contributed by atoms with Crippen LogP contribution in [0.2, 0.25) is 0 Å². The van der Waals surface area contributed by atoms with Crippen LogP contribution in [-0.4, -0.2) is 41.5 Å². The van der Waals surface area contributed by atoms with Gasteiger partial charge >= 0.3 is 6.36 Å². The van der Waals surface area contributed by atoms with Gasteiger partial charge in [-0.25, -0.2) is 0 Å². The Balaban J connectivity index is 1.71. The number of hydrogen-bond donors (Lipinski definition) is 1. The summed E-state index contributed by atoms with van der Waals surface area (Å²) in [5, 5.41) is 9.51. The van der Waals surface area contributed by atoms with Crippen LogP contribution in [0.15, 0.2) is 48.5 Å². The highest BCUT2D eigenvalue weighted by Crippen LogP contribution is 2.27. The van der Waals surface area contributed by atoms with E-state index in [0.717, 1.165) is 5.56 Å². The lowest BCUT2D eigenvalue weighted by atomic mass is 10.0. The second-order valence-electron chi connectivity index (χ2n) is 5.84. The number of amides is 1. The predicted molar refractivity (Wildman–Crippen MR) is 85.1 cm³/mol. The van der Waals surface area contributed by atoms with Crippen molar-refractivity contribution in [3.8, 4) is 16.9 Å². The molecule has 7 heteroatoms. The van der Waals surface area contributed by atoms with E-state index >= 15 is 0 Å². The van der Waals surface area contributed by atoms with Gasteiger partial charge in [-0.2, -0.15) is 0 Å². The van der Waals surface area contributed by atoms with Crippen molar-refractivity contribution >= 4 is 5.91 Å². The molecule has 0 saturated carbocycles. The first-order valence-electron chi connectivity index (χ1n) is 7.75. The monoisotopic (exact) mass is 351 g/mol. The number of benzene rings is 2. The van der Waals surface area contributed by atoms with Gasteiger partial charge in [0.15, 0.2) is 0 Å². The van der Waals surface area contributed by atoms with E-state index in [9.17, 15) is 23.1 Å². The van der Waals surface area contributed by atoms with Crippen LogP contribution >= 0.6 is 0 Å². The van der Waals surface area contributed by atoms with Gasteiger partial charge in [0.1, 0.15) is 5.75 Å². The molecule has 1 amide bonds. The number of β-amino-alcohol motifs (C(OH)–C–C–N with tert-alkyl or cyclic N) is 1. The van der Waals surface area contributed by atoms with E-state index in [1.54, 1.807) is 29.2 Å². The highest BCUT2D eigenvalue weighted by molar-refractivity contribution is 5.95. The highest BCUT2D eigenvalue weighted by Gasteiger charge is 2.31. The molecule has 1 N–H and O–H groups in total. The van der Waals surface area contributed by atoms with Crippen molar-refractivity contribution in [1.82, 2.24) is 4.90 Å². The number of carbonyl (C=O) groups excluding carboxylic acids is 1. The van der Waals surface area contributed by atoms with Crippen molar-refractivity contribution in [1.29, 1.82) is 0 Å². The number of carbonyl (C=O) groups is 1. The van der Waals surface area contributed by atoms with Gasteiger partial charge in [0.05, 0.1) is 6.10 Å². The first-order valence-corrected chi connectivity index (χ1v) is 7.75. The van der Waals surface area contributed by atoms with Gasteiger partial charge in [0.25, 0.3) is 5.91 Å². The Morgan fingerprint density at radius 3 is 2.08 bits per heavy atom. The lowest BCUT2D eigenvalue weighted by molar-refractivity contribution is -0.274. The maximum absolute atomic E-state index is 12.3. The fourth-order valence-electron chi connectivity index (χ4n) is 2.76. The summed E-state index contributed by atoms with van der Waals surface area (Å²) >= 11 is 0. The summed E-state index contributed by atoms with van der Waals surface area (Å²) in [6.45, 7) is 0.865. The average Bonchev–Trinajstić information content (AvgIpc) is 3.00. The Bertz CT molecular complexity index is 742. The number of halogens is 3. The highest BCUT2D eigenvalue weighted by atomic mass is 19.4. The normalized spacial score (nSPS) is 17.6. The first kappa shape index (κ1) is 17.3. The third kappa shape index (κ3) is 4.30. The zero-order valence-electron chi connectivity index (χ0n) is 13.2. The summed E-state index contributed by atoms with van der Waals surface area (Å²) in [6, 6.07) is 12.3. The van der Waals surface area contributed by atoms with Gasteiger partial charge in [-0.05, 0) is 41.8 Å². The number of hydrogen-bond acceptors (Lipinski definition) is 3. The molecule has 1 saturated heterocycles. The Kier molecular flexibility index (Phi) is 4.67. The Morgan fingerprint density at radius 2 is 1.60 bits per heavy atom. The van der Waals surface area contributed by atoms with Crippen molar-refractivity contribution in [2.45, 2.75) is 18.9 Å². The SMILES string of the molecule is O=C(c1ccc(-c2ccc(OC(F)(F)F)cc2)cc1)N1CC[C@@H](O)C1. The van der Waals surface area contributed by atoms with Crippen LogP contribution < -0.4 is 4.74 Å². The molecule has 132 valence electrons. The summed E-state index contributed by atoms with van der Waals surface area (Å²) in [4.78, 5) is 13.9. The Labute approximate surface area is 142 Å². The molecule has 0 aromatic heterocycles. The average molecular weight is 351 g/mol. The van der Waals surface area contributed by atoms with E-state index in [2.05, 4.69) is 4.74 Å². The number of aliphatic hydroxyl groups is 1. The Hall–Kier alpha value is -2.54. The van der Waals surface area contributed by atoms with Crippen molar-refractivity contribution < 1.29 is 27.8 Å². The number of nitrogens with zero attached hydrogens (tertiary/aromatic N) is 1. The molecule has 0 radical (unpaired) electrons. The molecule has 25 heavy (non-hydrogen) atoms. The van der Waals surface area contributed by atoms with Gasteiger partial charge in [0.2, 0.25) is 0 Å². The number of aliphatic hydroxyl groups excluding tert-OH is 1. The van der Waals surface area contributed by atoms with Crippen molar-refractivity contribution in [3.63, 3.8) is 0 Å². The molecule has 2 aromatic rings. The van der Waals surface area contributed by atoms with Gasteiger partial charge < -0.3 is 14.7 Å². The van der Waals surface area contributed by atoms with E-state index in [-0.39, 0.29) is 11.7 Å². The molecule has 0 spiro atoms. The summed E-state index contributed by atoms with van der Waals surface area (Å²) in [5.74, 6) is -0.423. The van der Waals surface area contributed by atoms with Crippen molar-refractivity contribution in [2.24, 2.45) is 0 Å². The first-order chi connectivity index (χ1) is 11.8. The largest absolute Gasteiger partial charge is 0.573 e. The number of alkyl halides is 3. The lowest BCUT2D eigenvalue weighted by Gasteiger charge is -2.15. The van der Waals surface area contributed by atoms with Crippen molar-refractivity contribution in [3.05, 3.63) is 54.1 Å². The minimum absolute atomic E-state index is 0.142. The second-order valence-corrected chi connectivity index (χ2v) is 5.84. The van der Waals surface area contributed by atoms with Crippen LogP contribution in [0.25, 0.3) is 11.1 Å².